The summed E-state index contributed by atoms with van der Waals surface area (Å²) in [5.74, 6) is -1.29. The van der Waals surface area contributed by atoms with E-state index in [-0.39, 0.29) is 11.5 Å². The lowest BCUT2D eigenvalue weighted by Crippen LogP contribution is -2.10. The molecule has 0 atom stereocenters. The van der Waals surface area contributed by atoms with E-state index in [1.807, 2.05) is 19.9 Å². The third kappa shape index (κ3) is 4.10. The van der Waals surface area contributed by atoms with Gasteiger partial charge in [0.25, 0.3) is 0 Å². The van der Waals surface area contributed by atoms with Crippen LogP contribution < -0.4 is 5.32 Å². The van der Waals surface area contributed by atoms with E-state index >= 15 is 0 Å². The first-order valence-electron chi connectivity index (χ1n) is 5.90. The summed E-state index contributed by atoms with van der Waals surface area (Å²) < 4.78 is 0. The average Bonchev–Trinajstić information content (AvgIpc) is 2.33. The van der Waals surface area contributed by atoms with E-state index in [4.69, 9.17) is 5.11 Å². The molecule has 0 unspecified atom stereocenters. The monoisotopic (exact) mass is 259 g/mol. The van der Waals surface area contributed by atoms with Gasteiger partial charge in [-0.1, -0.05) is 18.2 Å². The lowest BCUT2D eigenvalue weighted by molar-refractivity contribution is -0.111. The second-order valence-electron chi connectivity index (χ2n) is 4.15. The molecule has 0 aromatic heterocycles. The van der Waals surface area contributed by atoms with E-state index in [1.165, 1.54) is 12.1 Å². The zero-order chi connectivity index (χ0) is 14.4. The van der Waals surface area contributed by atoms with Crippen molar-refractivity contribution in [3.8, 4) is 0 Å². The van der Waals surface area contributed by atoms with E-state index < -0.39 is 5.97 Å². The molecule has 0 aliphatic heterocycles. The minimum absolute atomic E-state index is 0.202. The largest absolute Gasteiger partial charge is 0.478 e. The van der Waals surface area contributed by atoms with Crippen molar-refractivity contribution in [2.75, 3.05) is 5.32 Å². The number of amides is 1. The van der Waals surface area contributed by atoms with E-state index in [0.29, 0.717) is 11.3 Å². The standard InChI is InChI=1S/C15H17NO3/c1-4-5-6-7-14(17)16-12-8-10(2)11(3)13(9-12)15(18)19/h4-9H,1-3H3,(H,16,17)(H,18,19). The fourth-order valence-electron chi connectivity index (χ4n) is 1.59. The number of carbonyl (C=O) groups is 2. The van der Waals surface area contributed by atoms with Gasteiger partial charge >= 0.3 is 5.97 Å². The summed E-state index contributed by atoms with van der Waals surface area (Å²) in [4.78, 5) is 22.7. The van der Waals surface area contributed by atoms with Crippen molar-refractivity contribution < 1.29 is 14.7 Å². The molecule has 0 aliphatic carbocycles. The number of carboxylic acid groups (broad SMARTS) is 1. The Hall–Kier alpha value is -2.36. The van der Waals surface area contributed by atoms with Gasteiger partial charge in [0.1, 0.15) is 0 Å². The molecule has 1 amide bonds. The smallest absolute Gasteiger partial charge is 0.336 e. The molecule has 0 spiro atoms. The fourth-order valence-corrected chi connectivity index (χ4v) is 1.59. The first-order chi connectivity index (χ1) is 8.95. The van der Waals surface area contributed by atoms with E-state index in [0.717, 1.165) is 5.56 Å². The Balaban J connectivity index is 2.97. The Morgan fingerprint density at radius 3 is 2.47 bits per heavy atom. The van der Waals surface area contributed by atoms with Crippen LogP contribution in [-0.4, -0.2) is 17.0 Å². The van der Waals surface area contributed by atoms with Crippen molar-refractivity contribution in [3.63, 3.8) is 0 Å². The number of hydrogen-bond donors (Lipinski definition) is 2. The molecule has 2 N–H and O–H groups in total. The van der Waals surface area contributed by atoms with Crippen LogP contribution in [0.15, 0.2) is 36.4 Å². The van der Waals surface area contributed by atoms with Crippen LogP contribution in [0.3, 0.4) is 0 Å². The van der Waals surface area contributed by atoms with Crippen LogP contribution in [0.4, 0.5) is 5.69 Å². The summed E-state index contributed by atoms with van der Waals surface area (Å²) in [6.07, 6.45) is 6.55. The van der Waals surface area contributed by atoms with Crippen LogP contribution in [0.5, 0.6) is 0 Å². The highest BCUT2D eigenvalue weighted by Gasteiger charge is 2.11. The molecular formula is C15H17NO3. The normalized spacial score (nSPS) is 11.1. The maximum atomic E-state index is 11.6. The van der Waals surface area contributed by atoms with Crippen molar-refractivity contribution in [2.24, 2.45) is 0 Å². The number of anilines is 1. The number of nitrogens with one attached hydrogen (secondary N) is 1. The second kappa shape index (κ2) is 6.54. The minimum Gasteiger partial charge on any atom is -0.478 e. The molecular weight excluding hydrogens is 242 g/mol. The number of carboxylic acids is 1. The molecule has 0 saturated carbocycles. The predicted octanol–water partition coefficient (Wildman–Crippen LogP) is 3.07. The van der Waals surface area contributed by atoms with Crippen molar-refractivity contribution in [2.45, 2.75) is 20.8 Å². The number of carbonyl (C=O) groups excluding carboxylic acids is 1. The summed E-state index contributed by atoms with van der Waals surface area (Å²) in [6, 6.07) is 3.22. The first kappa shape index (κ1) is 14.7. The number of benzene rings is 1. The summed E-state index contributed by atoms with van der Waals surface area (Å²) in [7, 11) is 0. The molecule has 0 fully saturated rings. The number of aromatic carboxylic acids is 1. The highest BCUT2D eigenvalue weighted by atomic mass is 16.4. The maximum absolute atomic E-state index is 11.6. The Kier molecular flexibility index (Phi) is 5.06. The third-order valence-electron chi connectivity index (χ3n) is 2.72. The van der Waals surface area contributed by atoms with Gasteiger partial charge in [-0.2, -0.15) is 0 Å². The summed E-state index contributed by atoms with van der Waals surface area (Å²) in [5.41, 5.74) is 2.21. The lowest BCUT2D eigenvalue weighted by Gasteiger charge is -2.09. The van der Waals surface area contributed by atoms with Gasteiger partial charge in [-0.15, -0.1) is 0 Å². The summed E-state index contributed by atoms with van der Waals surface area (Å²) >= 11 is 0. The van der Waals surface area contributed by atoms with Gasteiger partial charge in [-0.3, -0.25) is 4.79 Å². The van der Waals surface area contributed by atoms with Crippen LogP contribution in [0.2, 0.25) is 0 Å². The predicted molar refractivity (Wildman–Crippen MR) is 75.5 cm³/mol. The van der Waals surface area contributed by atoms with Gasteiger partial charge in [0, 0.05) is 11.8 Å². The molecule has 0 saturated heterocycles. The summed E-state index contributed by atoms with van der Waals surface area (Å²) in [6.45, 7) is 5.41. The topological polar surface area (TPSA) is 66.4 Å². The Morgan fingerprint density at radius 2 is 1.89 bits per heavy atom. The third-order valence-corrected chi connectivity index (χ3v) is 2.72. The Morgan fingerprint density at radius 1 is 1.21 bits per heavy atom. The molecule has 0 heterocycles. The zero-order valence-corrected chi connectivity index (χ0v) is 11.2. The van der Waals surface area contributed by atoms with Crippen LogP contribution in [0, 0.1) is 13.8 Å². The molecule has 1 aromatic carbocycles. The quantitative estimate of drug-likeness (QED) is 0.645. The van der Waals surface area contributed by atoms with Crippen molar-refractivity contribution in [1.82, 2.24) is 0 Å². The number of aryl methyl sites for hydroxylation is 1. The van der Waals surface area contributed by atoms with Crippen molar-refractivity contribution in [3.05, 3.63) is 53.1 Å². The Bertz CT molecular complexity index is 557. The molecule has 4 nitrogen and oxygen atoms in total. The molecule has 1 rings (SSSR count). The number of allylic oxidation sites excluding steroid dienone is 3. The van der Waals surface area contributed by atoms with E-state index in [1.54, 1.807) is 25.1 Å². The first-order valence-corrected chi connectivity index (χ1v) is 5.90. The highest BCUT2D eigenvalue weighted by molar-refractivity contribution is 6.00. The maximum Gasteiger partial charge on any atom is 0.336 e. The van der Waals surface area contributed by atoms with E-state index in [2.05, 4.69) is 5.32 Å². The van der Waals surface area contributed by atoms with E-state index in [9.17, 15) is 9.59 Å². The van der Waals surface area contributed by atoms with Crippen LogP contribution >= 0.6 is 0 Å². The minimum atomic E-state index is -0.999. The molecule has 19 heavy (non-hydrogen) atoms. The number of rotatable bonds is 4. The van der Waals surface area contributed by atoms with Gasteiger partial charge < -0.3 is 10.4 Å². The molecule has 100 valence electrons. The second-order valence-corrected chi connectivity index (χ2v) is 4.15. The average molecular weight is 259 g/mol. The molecule has 1 aromatic rings. The van der Waals surface area contributed by atoms with Gasteiger partial charge in [-0.05, 0) is 44.0 Å². The number of hydrogen-bond acceptors (Lipinski definition) is 2. The fraction of sp³-hybridized carbons (Fsp3) is 0.200. The van der Waals surface area contributed by atoms with Gasteiger partial charge in [0.05, 0.1) is 5.56 Å². The summed E-state index contributed by atoms with van der Waals surface area (Å²) in [5, 5.41) is 11.7. The SMILES string of the molecule is CC=CC=CC(=O)Nc1cc(C)c(C)c(C(=O)O)c1. The van der Waals surface area contributed by atoms with Crippen LogP contribution in [-0.2, 0) is 4.79 Å². The van der Waals surface area contributed by atoms with Crippen molar-refractivity contribution in [1.29, 1.82) is 0 Å². The van der Waals surface area contributed by atoms with Crippen LogP contribution in [0.25, 0.3) is 0 Å². The zero-order valence-electron chi connectivity index (χ0n) is 11.2. The van der Waals surface area contributed by atoms with Crippen molar-refractivity contribution >= 4 is 17.6 Å². The van der Waals surface area contributed by atoms with Crippen LogP contribution in [0.1, 0.15) is 28.4 Å². The molecule has 0 aliphatic rings. The lowest BCUT2D eigenvalue weighted by atomic mass is 10.0. The molecule has 4 heteroatoms. The van der Waals surface area contributed by atoms with Gasteiger partial charge in [-0.25, -0.2) is 4.79 Å². The van der Waals surface area contributed by atoms with Gasteiger partial charge in [0.2, 0.25) is 5.91 Å². The Labute approximate surface area is 112 Å². The highest BCUT2D eigenvalue weighted by Crippen LogP contribution is 2.20. The van der Waals surface area contributed by atoms with Gasteiger partial charge in [0.15, 0.2) is 0 Å². The molecule has 0 bridgehead atoms. The molecule has 0 radical (unpaired) electrons.